The molecule has 6 heteroatoms. The Balaban J connectivity index is 2.24. The zero-order valence-corrected chi connectivity index (χ0v) is 12.9. The van der Waals surface area contributed by atoms with E-state index in [0.717, 1.165) is 31.5 Å². The highest BCUT2D eigenvalue weighted by Gasteiger charge is 2.25. The molecule has 0 aromatic heterocycles. The Morgan fingerprint density at radius 2 is 2.20 bits per heavy atom. The van der Waals surface area contributed by atoms with E-state index in [0.29, 0.717) is 17.0 Å². The van der Waals surface area contributed by atoms with Gasteiger partial charge in [-0.05, 0) is 50.6 Å². The molecule has 1 heterocycles. The van der Waals surface area contributed by atoms with Gasteiger partial charge in [0.15, 0.2) is 0 Å². The molecule has 1 aromatic carbocycles. The van der Waals surface area contributed by atoms with Crippen LogP contribution in [0.4, 0.5) is 5.69 Å². The SMILES string of the molecule is CCc1ccc(N)cc1S(=O)(=O)NC1CCCN(C)C1. The number of aryl methyl sites for hydroxylation is 1. The van der Waals surface area contributed by atoms with E-state index < -0.39 is 10.0 Å². The van der Waals surface area contributed by atoms with Crippen molar-refractivity contribution < 1.29 is 8.42 Å². The van der Waals surface area contributed by atoms with Crippen molar-refractivity contribution in [2.24, 2.45) is 0 Å². The van der Waals surface area contributed by atoms with Gasteiger partial charge in [-0.25, -0.2) is 13.1 Å². The van der Waals surface area contributed by atoms with Crippen LogP contribution >= 0.6 is 0 Å². The number of nitrogen functional groups attached to an aromatic ring is 1. The minimum absolute atomic E-state index is 0.0233. The van der Waals surface area contributed by atoms with Crippen LogP contribution in [0.5, 0.6) is 0 Å². The standard InChI is InChI=1S/C14H23N3O2S/c1-3-11-6-7-12(15)9-14(11)20(18,19)16-13-5-4-8-17(2)10-13/h6-7,9,13,16H,3-5,8,10,15H2,1-2H3. The molecule has 2 rings (SSSR count). The van der Waals surface area contributed by atoms with Gasteiger partial charge in [0, 0.05) is 18.3 Å². The van der Waals surface area contributed by atoms with E-state index in [9.17, 15) is 8.42 Å². The monoisotopic (exact) mass is 297 g/mol. The molecule has 0 radical (unpaired) electrons. The fraction of sp³-hybridized carbons (Fsp3) is 0.571. The van der Waals surface area contributed by atoms with E-state index in [1.165, 1.54) is 0 Å². The van der Waals surface area contributed by atoms with Crippen molar-refractivity contribution >= 4 is 15.7 Å². The molecule has 1 atom stereocenters. The van der Waals surface area contributed by atoms with Gasteiger partial charge >= 0.3 is 0 Å². The predicted octanol–water partition coefficient (Wildman–Crippen LogP) is 1.20. The first kappa shape index (κ1) is 15.3. The average Bonchev–Trinajstić information content (AvgIpc) is 2.38. The van der Waals surface area contributed by atoms with Crippen LogP contribution in [0.3, 0.4) is 0 Å². The molecule has 0 spiro atoms. The molecule has 1 aliphatic rings. The lowest BCUT2D eigenvalue weighted by atomic mass is 10.1. The number of likely N-dealkylation sites (N-methyl/N-ethyl adjacent to an activating group) is 1. The van der Waals surface area contributed by atoms with E-state index in [-0.39, 0.29) is 6.04 Å². The maximum atomic E-state index is 12.6. The van der Waals surface area contributed by atoms with Gasteiger partial charge in [0.2, 0.25) is 10.0 Å². The van der Waals surface area contributed by atoms with Crippen LogP contribution in [0.25, 0.3) is 0 Å². The van der Waals surface area contributed by atoms with E-state index in [4.69, 9.17) is 5.73 Å². The molecule has 0 saturated carbocycles. The van der Waals surface area contributed by atoms with Crippen LogP contribution in [-0.2, 0) is 16.4 Å². The number of piperidine rings is 1. The third kappa shape index (κ3) is 3.50. The van der Waals surface area contributed by atoms with E-state index >= 15 is 0 Å². The zero-order chi connectivity index (χ0) is 14.8. The molecule has 1 aliphatic heterocycles. The molecule has 1 fully saturated rings. The zero-order valence-electron chi connectivity index (χ0n) is 12.1. The smallest absolute Gasteiger partial charge is 0.241 e. The summed E-state index contributed by atoms with van der Waals surface area (Å²) < 4.78 is 27.9. The Labute approximate surface area is 121 Å². The lowest BCUT2D eigenvalue weighted by Crippen LogP contribution is -2.46. The summed E-state index contributed by atoms with van der Waals surface area (Å²) in [6, 6.07) is 5.06. The summed E-state index contributed by atoms with van der Waals surface area (Å²) in [6.07, 6.45) is 2.57. The number of benzene rings is 1. The van der Waals surface area contributed by atoms with Gasteiger partial charge in [-0.1, -0.05) is 13.0 Å². The van der Waals surface area contributed by atoms with E-state index in [2.05, 4.69) is 9.62 Å². The minimum Gasteiger partial charge on any atom is -0.399 e. The number of nitrogens with one attached hydrogen (secondary N) is 1. The number of likely N-dealkylation sites (tertiary alicyclic amines) is 1. The van der Waals surface area contributed by atoms with Crippen molar-refractivity contribution in [1.29, 1.82) is 0 Å². The first-order valence-corrected chi connectivity index (χ1v) is 8.50. The lowest BCUT2D eigenvalue weighted by Gasteiger charge is -2.30. The molecule has 3 N–H and O–H groups in total. The second kappa shape index (κ2) is 6.11. The number of anilines is 1. The molecule has 0 amide bonds. The molecule has 0 bridgehead atoms. The molecular weight excluding hydrogens is 274 g/mol. The quantitative estimate of drug-likeness (QED) is 0.819. The summed E-state index contributed by atoms with van der Waals surface area (Å²) >= 11 is 0. The number of nitrogens with two attached hydrogens (primary N) is 1. The Kier molecular flexibility index (Phi) is 4.67. The highest BCUT2D eigenvalue weighted by molar-refractivity contribution is 7.89. The predicted molar refractivity (Wildman–Crippen MR) is 81.1 cm³/mol. The Morgan fingerprint density at radius 3 is 2.85 bits per heavy atom. The van der Waals surface area contributed by atoms with Crippen LogP contribution < -0.4 is 10.5 Å². The fourth-order valence-corrected chi connectivity index (χ4v) is 4.27. The molecule has 5 nitrogen and oxygen atoms in total. The Morgan fingerprint density at radius 1 is 1.45 bits per heavy atom. The van der Waals surface area contributed by atoms with Crippen LogP contribution in [-0.4, -0.2) is 39.5 Å². The Hall–Kier alpha value is -1.11. The van der Waals surface area contributed by atoms with Crippen molar-refractivity contribution in [3.8, 4) is 0 Å². The van der Waals surface area contributed by atoms with Crippen molar-refractivity contribution in [1.82, 2.24) is 9.62 Å². The molecule has 112 valence electrons. The van der Waals surface area contributed by atoms with Crippen LogP contribution in [0.2, 0.25) is 0 Å². The van der Waals surface area contributed by atoms with Crippen molar-refractivity contribution in [3.63, 3.8) is 0 Å². The number of nitrogens with zero attached hydrogens (tertiary/aromatic N) is 1. The molecule has 1 saturated heterocycles. The maximum Gasteiger partial charge on any atom is 0.241 e. The second-order valence-electron chi connectivity index (χ2n) is 5.44. The molecule has 1 aromatic rings. The Bertz CT molecular complexity index is 572. The molecule has 1 unspecified atom stereocenters. The number of hydrogen-bond donors (Lipinski definition) is 2. The summed E-state index contributed by atoms with van der Waals surface area (Å²) in [5.74, 6) is 0. The third-order valence-electron chi connectivity index (χ3n) is 3.71. The van der Waals surface area contributed by atoms with Crippen LogP contribution in [0.15, 0.2) is 23.1 Å². The van der Waals surface area contributed by atoms with Gasteiger partial charge in [-0.15, -0.1) is 0 Å². The van der Waals surface area contributed by atoms with Crippen molar-refractivity contribution in [2.45, 2.75) is 37.1 Å². The van der Waals surface area contributed by atoms with Gasteiger partial charge in [-0.2, -0.15) is 0 Å². The lowest BCUT2D eigenvalue weighted by molar-refractivity contribution is 0.242. The highest BCUT2D eigenvalue weighted by Crippen LogP contribution is 2.21. The summed E-state index contributed by atoms with van der Waals surface area (Å²) in [7, 11) is -1.49. The van der Waals surface area contributed by atoms with E-state index in [1.807, 2.05) is 14.0 Å². The number of sulfonamides is 1. The van der Waals surface area contributed by atoms with Gasteiger partial charge < -0.3 is 10.6 Å². The van der Waals surface area contributed by atoms with Gasteiger partial charge in [0.1, 0.15) is 0 Å². The normalized spacial score (nSPS) is 21.0. The maximum absolute atomic E-state index is 12.6. The third-order valence-corrected chi connectivity index (χ3v) is 5.31. The second-order valence-corrected chi connectivity index (χ2v) is 7.13. The number of hydrogen-bond acceptors (Lipinski definition) is 4. The first-order chi connectivity index (χ1) is 9.42. The topological polar surface area (TPSA) is 75.4 Å². The van der Waals surface area contributed by atoms with Crippen molar-refractivity contribution in [2.75, 3.05) is 25.9 Å². The fourth-order valence-electron chi connectivity index (χ4n) is 2.66. The molecular formula is C14H23N3O2S. The summed E-state index contributed by atoms with van der Waals surface area (Å²) in [4.78, 5) is 2.46. The van der Waals surface area contributed by atoms with Crippen LogP contribution in [0.1, 0.15) is 25.3 Å². The van der Waals surface area contributed by atoms with Crippen LogP contribution in [0, 0.1) is 0 Å². The average molecular weight is 297 g/mol. The van der Waals surface area contributed by atoms with Gasteiger partial charge in [-0.3, -0.25) is 0 Å². The summed E-state index contributed by atoms with van der Waals surface area (Å²) in [5.41, 5.74) is 7.01. The number of rotatable bonds is 4. The molecule has 20 heavy (non-hydrogen) atoms. The summed E-state index contributed by atoms with van der Waals surface area (Å²) in [6.45, 7) is 3.72. The molecule has 0 aliphatic carbocycles. The minimum atomic E-state index is -3.51. The van der Waals surface area contributed by atoms with E-state index in [1.54, 1.807) is 18.2 Å². The van der Waals surface area contributed by atoms with Gasteiger partial charge in [0.25, 0.3) is 0 Å². The summed E-state index contributed by atoms with van der Waals surface area (Å²) in [5, 5.41) is 0. The highest BCUT2D eigenvalue weighted by atomic mass is 32.2. The first-order valence-electron chi connectivity index (χ1n) is 7.01. The van der Waals surface area contributed by atoms with Gasteiger partial charge in [0.05, 0.1) is 4.90 Å². The largest absolute Gasteiger partial charge is 0.399 e. The van der Waals surface area contributed by atoms with Crippen molar-refractivity contribution in [3.05, 3.63) is 23.8 Å².